The Morgan fingerprint density at radius 1 is 1.00 bits per heavy atom. The summed E-state index contributed by atoms with van der Waals surface area (Å²) in [6.07, 6.45) is 6.15. The maximum absolute atomic E-state index is 13.0. The van der Waals surface area contributed by atoms with Crippen LogP contribution < -0.4 is 10.9 Å². The van der Waals surface area contributed by atoms with Crippen molar-refractivity contribution < 1.29 is 4.79 Å². The highest BCUT2D eigenvalue weighted by molar-refractivity contribution is 5.95. The second-order valence-electron chi connectivity index (χ2n) is 7.42. The molecule has 30 heavy (non-hydrogen) atoms. The molecule has 0 aliphatic rings. The van der Waals surface area contributed by atoms with Crippen LogP contribution in [0.5, 0.6) is 0 Å². The predicted octanol–water partition coefficient (Wildman–Crippen LogP) is 3.29. The quantitative estimate of drug-likeness (QED) is 0.540. The first kappa shape index (κ1) is 19.6. The Kier molecular flexibility index (Phi) is 5.48. The number of carbonyl (C=O) groups excluding carboxylic acids is 1. The fraction of sp³-hybridized carbons (Fsp3) is 0.208. The highest BCUT2D eigenvalue weighted by Gasteiger charge is 2.16. The number of aryl methyl sites for hydroxylation is 4. The zero-order valence-corrected chi connectivity index (χ0v) is 17.1. The Labute approximate surface area is 174 Å². The van der Waals surface area contributed by atoms with Crippen molar-refractivity contribution in [2.24, 2.45) is 0 Å². The number of benzene rings is 1. The van der Waals surface area contributed by atoms with Gasteiger partial charge >= 0.3 is 0 Å². The molecule has 0 aliphatic carbocycles. The van der Waals surface area contributed by atoms with E-state index in [1.165, 1.54) is 0 Å². The van der Waals surface area contributed by atoms with E-state index in [1.807, 2.05) is 66.1 Å². The summed E-state index contributed by atoms with van der Waals surface area (Å²) in [5.74, 6) is -0.367. The molecule has 4 rings (SSSR count). The van der Waals surface area contributed by atoms with E-state index in [2.05, 4.69) is 10.3 Å². The van der Waals surface area contributed by atoms with Gasteiger partial charge in [-0.2, -0.15) is 0 Å². The summed E-state index contributed by atoms with van der Waals surface area (Å²) in [4.78, 5) is 30.2. The number of fused-ring (bicyclic) bond motifs is 1. The lowest BCUT2D eigenvalue weighted by atomic mass is 10.1. The molecule has 6 heteroatoms. The van der Waals surface area contributed by atoms with Gasteiger partial charge in [0.2, 0.25) is 0 Å². The molecule has 6 nitrogen and oxygen atoms in total. The number of amides is 1. The van der Waals surface area contributed by atoms with Gasteiger partial charge in [0.25, 0.3) is 11.5 Å². The van der Waals surface area contributed by atoms with E-state index in [0.29, 0.717) is 18.7 Å². The molecule has 0 unspecified atom stereocenters. The second kappa shape index (κ2) is 8.37. The van der Waals surface area contributed by atoms with Gasteiger partial charge in [-0.05, 0) is 49.1 Å². The summed E-state index contributed by atoms with van der Waals surface area (Å²) in [6.45, 7) is 4.60. The minimum atomic E-state index is -0.367. The first-order valence-electron chi connectivity index (χ1n) is 9.98. The summed E-state index contributed by atoms with van der Waals surface area (Å²) >= 11 is 0. The number of rotatable bonds is 6. The molecule has 0 bridgehead atoms. The van der Waals surface area contributed by atoms with E-state index in [4.69, 9.17) is 0 Å². The van der Waals surface area contributed by atoms with Crippen LogP contribution in [0.2, 0.25) is 0 Å². The average Bonchev–Trinajstić information content (AvgIpc) is 3.17. The number of nitrogens with one attached hydrogen (secondary N) is 1. The summed E-state index contributed by atoms with van der Waals surface area (Å²) in [5, 5.41) is 2.88. The fourth-order valence-electron chi connectivity index (χ4n) is 3.60. The van der Waals surface area contributed by atoms with Crippen molar-refractivity contribution in [1.82, 2.24) is 19.3 Å². The van der Waals surface area contributed by atoms with Gasteiger partial charge in [0.05, 0.1) is 18.4 Å². The molecule has 0 radical (unpaired) electrons. The maximum Gasteiger partial charge on any atom is 0.263 e. The van der Waals surface area contributed by atoms with Gasteiger partial charge in [-0.25, -0.2) is 4.98 Å². The number of hydrogen-bond acceptors (Lipinski definition) is 3. The third kappa shape index (κ3) is 3.89. The van der Waals surface area contributed by atoms with Crippen LogP contribution in [0.15, 0.2) is 71.9 Å². The van der Waals surface area contributed by atoms with Crippen molar-refractivity contribution >= 4 is 11.6 Å². The van der Waals surface area contributed by atoms with Crippen LogP contribution >= 0.6 is 0 Å². The molecule has 0 saturated carbocycles. The van der Waals surface area contributed by atoms with Crippen molar-refractivity contribution in [3.63, 3.8) is 0 Å². The highest BCUT2D eigenvalue weighted by Crippen LogP contribution is 2.11. The molecule has 0 fully saturated rings. The van der Waals surface area contributed by atoms with Gasteiger partial charge < -0.3 is 14.3 Å². The minimum absolute atomic E-state index is 0.190. The van der Waals surface area contributed by atoms with Crippen LogP contribution in [-0.4, -0.2) is 19.9 Å². The SMILES string of the molecule is Cc1ccn(CCc2ccccc2)c(=O)c1C(=O)NCc1cnc2c(C)cccn12. The lowest BCUT2D eigenvalue weighted by molar-refractivity contribution is 0.0947. The van der Waals surface area contributed by atoms with E-state index >= 15 is 0 Å². The van der Waals surface area contributed by atoms with E-state index in [0.717, 1.165) is 28.9 Å². The van der Waals surface area contributed by atoms with Gasteiger partial charge in [-0.3, -0.25) is 9.59 Å². The second-order valence-corrected chi connectivity index (χ2v) is 7.42. The van der Waals surface area contributed by atoms with Crippen molar-refractivity contribution in [1.29, 1.82) is 0 Å². The van der Waals surface area contributed by atoms with Crippen LogP contribution in [-0.2, 0) is 19.5 Å². The molecule has 4 aromatic rings. The number of pyridine rings is 2. The van der Waals surface area contributed by atoms with E-state index < -0.39 is 0 Å². The minimum Gasteiger partial charge on any atom is -0.346 e. The highest BCUT2D eigenvalue weighted by atomic mass is 16.2. The van der Waals surface area contributed by atoms with Gasteiger partial charge in [-0.1, -0.05) is 36.4 Å². The summed E-state index contributed by atoms with van der Waals surface area (Å²) in [5.41, 5.74) is 4.53. The molecule has 0 aliphatic heterocycles. The molecule has 3 heterocycles. The number of nitrogens with zero attached hydrogens (tertiary/aromatic N) is 3. The summed E-state index contributed by atoms with van der Waals surface area (Å²) in [7, 11) is 0. The number of imidazole rings is 1. The Bertz CT molecular complexity index is 1260. The van der Waals surface area contributed by atoms with E-state index in [1.54, 1.807) is 23.9 Å². The first-order chi connectivity index (χ1) is 14.5. The Balaban J connectivity index is 1.51. The van der Waals surface area contributed by atoms with Gasteiger partial charge in [0, 0.05) is 18.9 Å². The molecular weight excluding hydrogens is 376 g/mol. The zero-order valence-electron chi connectivity index (χ0n) is 17.1. The molecule has 0 spiro atoms. The van der Waals surface area contributed by atoms with Crippen LogP contribution in [0, 0.1) is 13.8 Å². The monoisotopic (exact) mass is 400 g/mol. The lowest BCUT2D eigenvalue weighted by Crippen LogP contribution is -2.34. The van der Waals surface area contributed by atoms with Gasteiger partial charge in [0.15, 0.2) is 0 Å². The molecular formula is C24H24N4O2. The predicted molar refractivity (Wildman–Crippen MR) is 117 cm³/mol. The van der Waals surface area contributed by atoms with Crippen molar-refractivity contribution in [3.05, 3.63) is 105 Å². The number of carbonyl (C=O) groups is 1. The molecule has 3 aromatic heterocycles. The Morgan fingerprint density at radius 2 is 1.80 bits per heavy atom. The van der Waals surface area contributed by atoms with E-state index in [-0.39, 0.29) is 17.0 Å². The smallest absolute Gasteiger partial charge is 0.263 e. The third-order valence-corrected chi connectivity index (χ3v) is 5.32. The van der Waals surface area contributed by atoms with Crippen LogP contribution in [0.1, 0.15) is 32.7 Å². The normalized spacial score (nSPS) is 11.0. The van der Waals surface area contributed by atoms with Crippen molar-refractivity contribution in [3.8, 4) is 0 Å². The molecule has 0 saturated heterocycles. The molecule has 1 aromatic carbocycles. The van der Waals surface area contributed by atoms with E-state index in [9.17, 15) is 9.59 Å². The number of hydrogen-bond donors (Lipinski definition) is 1. The van der Waals surface area contributed by atoms with Gasteiger partial charge in [-0.15, -0.1) is 0 Å². The summed E-state index contributed by atoms with van der Waals surface area (Å²) in [6, 6.07) is 15.8. The van der Waals surface area contributed by atoms with Crippen LogP contribution in [0.3, 0.4) is 0 Å². The zero-order chi connectivity index (χ0) is 21.1. The molecule has 1 N–H and O–H groups in total. The Hall–Kier alpha value is -3.67. The van der Waals surface area contributed by atoms with Crippen LogP contribution in [0.25, 0.3) is 5.65 Å². The average molecular weight is 400 g/mol. The lowest BCUT2D eigenvalue weighted by Gasteiger charge is -2.11. The summed E-state index contributed by atoms with van der Waals surface area (Å²) < 4.78 is 3.55. The fourth-order valence-corrected chi connectivity index (χ4v) is 3.60. The van der Waals surface area contributed by atoms with Gasteiger partial charge in [0.1, 0.15) is 11.2 Å². The first-order valence-corrected chi connectivity index (χ1v) is 9.98. The topological polar surface area (TPSA) is 68.4 Å². The molecule has 1 amide bonds. The standard InChI is InChI=1S/C24H24N4O2/c1-17-10-13-27(14-11-19-8-4-3-5-9-19)24(30)21(17)23(29)26-16-20-15-25-22-18(2)7-6-12-28(20)22/h3-10,12-13,15H,11,14,16H2,1-2H3,(H,26,29). The number of aromatic nitrogens is 3. The molecule has 0 atom stereocenters. The maximum atomic E-state index is 13.0. The van der Waals surface area contributed by atoms with Crippen molar-refractivity contribution in [2.45, 2.75) is 33.4 Å². The third-order valence-electron chi connectivity index (χ3n) is 5.32. The molecule has 152 valence electrons. The van der Waals surface area contributed by atoms with Crippen LogP contribution in [0.4, 0.5) is 0 Å². The Morgan fingerprint density at radius 3 is 2.60 bits per heavy atom. The largest absolute Gasteiger partial charge is 0.346 e. The van der Waals surface area contributed by atoms with Crippen molar-refractivity contribution in [2.75, 3.05) is 0 Å².